The minimum atomic E-state index is -0.954. The highest BCUT2D eigenvalue weighted by atomic mass is 16.8. The molecule has 190 valence electrons. The van der Waals surface area contributed by atoms with Gasteiger partial charge in [-0.15, -0.1) is 0 Å². The van der Waals surface area contributed by atoms with Gasteiger partial charge in [-0.2, -0.15) is 0 Å². The third-order valence-electron chi connectivity index (χ3n) is 10.4. The second kappa shape index (κ2) is 8.45. The molecule has 1 saturated heterocycles. The highest BCUT2D eigenvalue weighted by Gasteiger charge is 2.75. The van der Waals surface area contributed by atoms with Gasteiger partial charge < -0.3 is 19.3 Å². The van der Waals surface area contributed by atoms with Crippen molar-refractivity contribution in [3.63, 3.8) is 0 Å². The van der Waals surface area contributed by atoms with Gasteiger partial charge in [-0.1, -0.05) is 38.8 Å². The minimum absolute atomic E-state index is 0.00191. The van der Waals surface area contributed by atoms with Crippen LogP contribution < -0.4 is 0 Å². The van der Waals surface area contributed by atoms with Gasteiger partial charge in [-0.3, -0.25) is 4.79 Å². The van der Waals surface area contributed by atoms with Crippen LogP contribution in [0.25, 0.3) is 0 Å². The molecule has 4 aliphatic carbocycles. The average molecular weight is 473 g/mol. The lowest BCUT2D eigenvalue weighted by atomic mass is 9.46. The van der Waals surface area contributed by atoms with Crippen molar-refractivity contribution in [2.24, 2.45) is 28.6 Å². The fourth-order valence-electron chi connectivity index (χ4n) is 8.71. The summed E-state index contributed by atoms with van der Waals surface area (Å²) in [5.41, 5.74) is 0.422. The predicted molar refractivity (Wildman–Crippen MR) is 131 cm³/mol. The molecule has 1 heterocycles. The molecule has 1 N–H and O–H groups in total. The largest absolute Gasteiger partial charge is 0.501 e. The summed E-state index contributed by atoms with van der Waals surface area (Å²) in [6.45, 7) is 11.4. The molecule has 8 atom stereocenters. The summed E-state index contributed by atoms with van der Waals surface area (Å²) in [7, 11) is 0. The molecule has 5 heteroatoms. The van der Waals surface area contributed by atoms with Gasteiger partial charge in [0, 0.05) is 11.5 Å². The van der Waals surface area contributed by atoms with E-state index in [0.29, 0.717) is 24.4 Å². The van der Waals surface area contributed by atoms with Crippen molar-refractivity contribution < 1.29 is 24.1 Å². The SMILES string of the molecule is CCCCO/C=C/C(=O)C12OC(C)(C)OC1CC1C3CC=C4CC(O)CCC4(C)C3CCC12C. The number of ether oxygens (including phenoxy) is 3. The van der Waals surface area contributed by atoms with Gasteiger partial charge in [0.1, 0.15) is 0 Å². The number of ketones is 1. The van der Waals surface area contributed by atoms with E-state index >= 15 is 0 Å². The second-order valence-electron chi connectivity index (χ2n) is 12.6. The van der Waals surface area contributed by atoms with Crippen molar-refractivity contribution >= 4 is 5.78 Å². The van der Waals surface area contributed by atoms with Gasteiger partial charge >= 0.3 is 0 Å². The summed E-state index contributed by atoms with van der Waals surface area (Å²) in [6, 6.07) is 0. The number of carbonyl (C=O) groups excluding carboxylic acids is 1. The van der Waals surface area contributed by atoms with Crippen molar-refractivity contribution in [2.45, 2.75) is 116 Å². The molecular weight excluding hydrogens is 428 g/mol. The lowest BCUT2D eigenvalue weighted by molar-refractivity contribution is -0.212. The molecule has 34 heavy (non-hydrogen) atoms. The summed E-state index contributed by atoms with van der Waals surface area (Å²) in [5, 5.41) is 10.3. The molecule has 4 fully saturated rings. The zero-order chi connectivity index (χ0) is 24.4. The van der Waals surface area contributed by atoms with E-state index in [1.54, 1.807) is 12.3 Å². The monoisotopic (exact) mass is 472 g/mol. The normalized spacial score (nSPS) is 46.9. The van der Waals surface area contributed by atoms with E-state index in [1.165, 1.54) is 5.57 Å². The quantitative estimate of drug-likeness (QED) is 0.232. The number of carbonyl (C=O) groups is 1. The smallest absolute Gasteiger partial charge is 0.193 e. The lowest BCUT2D eigenvalue weighted by Gasteiger charge is -2.59. The molecule has 0 spiro atoms. The van der Waals surface area contributed by atoms with Crippen LogP contribution in [0.1, 0.15) is 92.4 Å². The Morgan fingerprint density at radius 3 is 2.76 bits per heavy atom. The molecule has 0 aromatic rings. The van der Waals surface area contributed by atoms with E-state index in [1.807, 2.05) is 13.8 Å². The lowest BCUT2D eigenvalue weighted by Crippen LogP contribution is -2.60. The van der Waals surface area contributed by atoms with Crippen LogP contribution in [0.2, 0.25) is 0 Å². The summed E-state index contributed by atoms with van der Waals surface area (Å²) < 4.78 is 18.7. The standard InChI is InChI=1S/C29H44O5/c1-6-7-15-32-16-12-24(31)29-25(33-26(2,3)34-29)18-23-21-9-8-19-17-20(30)10-13-27(19,4)22(21)11-14-28(23,29)5/h8,12,16,20-23,25,30H,6-7,9-11,13-15,17-18H2,1-5H3/b16-12+. The van der Waals surface area contributed by atoms with Gasteiger partial charge in [0.15, 0.2) is 17.2 Å². The highest BCUT2D eigenvalue weighted by molar-refractivity contribution is 5.99. The summed E-state index contributed by atoms with van der Waals surface area (Å²) in [6.07, 6.45) is 14.0. The van der Waals surface area contributed by atoms with Gasteiger partial charge in [-0.25, -0.2) is 0 Å². The average Bonchev–Trinajstić information content (AvgIpc) is 3.19. The Morgan fingerprint density at radius 2 is 2.00 bits per heavy atom. The van der Waals surface area contributed by atoms with E-state index in [0.717, 1.165) is 57.8 Å². The first-order valence-corrected chi connectivity index (χ1v) is 13.7. The van der Waals surface area contributed by atoms with E-state index in [4.69, 9.17) is 14.2 Å². The van der Waals surface area contributed by atoms with Crippen LogP contribution in [0, 0.1) is 28.6 Å². The number of unbranched alkanes of at least 4 members (excludes halogenated alkanes) is 1. The molecule has 0 amide bonds. The Labute approximate surface area is 205 Å². The van der Waals surface area contributed by atoms with Crippen LogP contribution in [0.3, 0.4) is 0 Å². The molecule has 0 aromatic carbocycles. The first-order valence-electron chi connectivity index (χ1n) is 13.7. The van der Waals surface area contributed by atoms with E-state index in [2.05, 4.69) is 26.8 Å². The first-order chi connectivity index (χ1) is 16.1. The Hall–Kier alpha value is -1.17. The van der Waals surface area contributed by atoms with E-state index < -0.39 is 11.4 Å². The Balaban J connectivity index is 1.46. The summed E-state index contributed by atoms with van der Waals surface area (Å²) in [5.74, 6) is 0.741. The molecule has 5 aliphatic rings. The van der Waals surface area contributed by atoms with Crippen molar-refractivity contribution in [3.8, 4) is 0 Å². The zero-order valence-electron chi connectivity index (χ0n) is 21.8. The third-order valence-corrected chi connectivity index (χ3v) is 10.4. The number of rotatable bonds is 6. The van der Waals surface area contributed by atoms with Gasteiger partial charge in [0.2, 0.25) is 0 Å². The third kappa shape index (κ3) is 3.48. The van der Waals surface area contributed by atoms with Crippen LogP contribution in [0.5, 0.6) is 0 Å². The van der Waals surface area contributed by atoms with Crippen molar-refractivity contribution in [1.82, 2.24) is 0 Å². The maximum absolute atomic E-state index is 13.9. The highest BCUT2D eigenvalue weighted by Crippen LogP contribution is 2.70. The molecule has 3 saturated carbocycles. The molecule has 0 bridgehead atoms. The molecule has 5 nitrogen and oxygen atoms in total. The molecule has 8 unspecified atom stereocenters. The maximum Gasteiger partial charge on any atom is 0.193 e. The predicted octanol–water partition coefficient (Wildman–Crippen LogP) is 5.71. The Kier molecular flexibility index (Phi) is 6.10. The molecule has 0 aromatic heterocycles. The summed E-state index contributed by atoms with van der Waals surface area (Å²) in [4.78, 5) is 13.9. The fourth-order valence-corrected chi connectivity index (χ4v) is 8.71. The number of hydrogen-bond donors (Lipinski definition) is 1. The number of hydrogen-bond acceptors (Lipinski definition) is 5. The van der Waals surface area contributed by atoms with Crippen molar-refractivity contribution in [2.75, 3.05) is 6.61 Å². The van der Waals surface area contributed by atoms with Gasteiger partial charge in [0.05, 0.1) is 25.1 Å². The topological polar surface area (TPSA) is 65.0 Å². The number of aliphatic hydroxyl groups excluding tert-OH is 1. The number of fused-ring (bicyclic) bond motifs is 7. The fraction of sp³-hybridized carbons (Fsp3) is 0.828. The molecular formula is C29H44O5. The van der Waals surface area contributed by atoms with E-state index in [9.17, 15) is 9.90 Å². The van der Waals surface area contributed by atoms with Crippen molar-refractivity contribution in [1.29, 1.82) is 0 Å². The zero-order valence-corrected chi connectivity index (χ0v) is 21.8. The molecule has 0 radical (unpaired) electrons. The van der Waals surface area contributed by atoms with Crippen LogP contribution in [-0.2, 0) is 19.0 Å². The summed E-state index contributed by atoms with van der Waals surface area (Å²) >= 11 is 0. The Bertz CT molecular complexity index is 876. The first kappa shape index (κ1) is 24.5. The van der Waals surface area contributed by atoms with Gasteiger partial charge in [0.25, 0.3) is 0 Å². The molecule has 1 aliphatic heterocycles. The maximum atomic E-state index is 13.9. The van der Waals surface area contributed by atoms with Crippen LogP contribution >= 0.6 is 0 Å². The molecule has 5 rings (SSSR count). The van der Waals surface area contributed by atoms with Gasteiger partial charge in [-0.05, 0) is 88.4 Å². The van der Waals surface area contributed by atoms with Crippen LogP contribution in [0.15, 0.2) is 24.0 Å². The van der Waals surface area contributed by atoms with Crippen LogP contribution in [-0.4, -0.2) is 41.1 Å². The Morgan fingerprint density at radius 1 is 1.21 bits per heavy atom. The van der Waals surface area contributed by atoms with Crippen LogP contribution in [0.4, 0.5) is 0 Å². The minimum Gasteiger partial charge on any atom is -0.501 e. The number of allylic oxidation sites excluding steroid dienone is 1. The van der Waals surface area contributed by atoms with Crippen molar-refractivity contribution in [3.05, 3.63) is 24.0 Å². The van der Waals surface area contributed by atoms with E-state index in [-0.39, 0.29) is 28.8 Å². The second-order valence-corrected chi connectivity index (χ2v) is 12.6. The number of aliphatic hydroxyl groups is 1.